The number of rotatable bonds is 2. The van der Waals surface area contributed by atoms with Crippen LogP contribution in [-0.2, 0) is 0 Å². The quantitative estimate of drug-likeness (QED) is 0.165. The topological polar surface area (TPSA) is 108 Å². The molecule has 0 saturated heterocycles. The molecule has 2 aliphatic rings. The van der Waals surface area contributed by atoms with Gasteiger partial charge in [0.15, 0.2) is 11.3 Å². The van der Waals surface area contributed by atoms with Crippen molar-refractivity contribution < 1.29 is 24.5 Å². The summed E-state index contributed by atoms with van der Waals surface area (Å²) in [6, 6.07) is 9.84. The van der Waals surface area contributed by atoms with Crippen molar-refractivity contribution in [3.8, 4) is 28.2 Å². The molecule has 11 heteroatoms. The predicted molar refractivity (Wildman–Crippen MR) is 144 cm³/mol. The Balaban J connectivity index is 0.000000914. The van der Waals surface area contributed by atoms with Gasteiger partial charge in [0.25, 0.3) is 0 Å². The number of aliphatic hydroxyl groups is 1. The number of carbonyl (C=O) groups is 1. The summed E-state index contributed by atoms with van der Waals surface area (Å²) in [5, 5.41) is 28.2. The van der Waals surface area contributed by atoms with Gasteiger partial charge in [0.1, 0.15) is 14.7 Å². The summed E-state index contributed by atoms with van der Waals surface area (Å²) < 4.78 is 7.17. The summed E-state index contributed by atoms with van der Waals surface area (Å²) in [5.41, 5.74) is 1.61. The number of halogens is 4. The normalized spacial score (nSPS) is 10.5. The van der Waals surface area contributed by atoms with Crippen molar-refractivity contribution in [2.24, 2.45) is 0 Å². The van der Waals surface area contributed by atoms with Gasteiger partial charge in [-0.2, -0.15) is 0 Å². The Morgan fingerprint density at radius 3 is 2.21 bits per heavy atom. The molecule has 0 unspecified atom stereocenters. The maximum atomic E-state index is 12.4. The van der Waals surface area contributed by atoms with E-state index in [-0.39, 0.29) is 73.2 Å². The Hall–Kier alpha value is -0.720. The van der Waals surface area contributed by atoms with E-state index >= 15 is 0 Å². The van der Waals surface area contributed by atoms with E-state index < -0.39 is 5.97 Å². The van der Waals surface area contributed by atoms with Crippen molar-refractivity contribution in [3.05, 3.63) is 70.1 Å². The Kier molecular flexibility index (Phi) is 10.2. The molecule has 33 heavy (non-hydrogen) atoms. The van der Waals surface area contributed by atoms with Gasteiger partial charge in [-0.25, -0.2) is 4.79 Å². The summed E-state index contributed by atoms with van der Waals surface area (Å²) in [7, 11) is 0. The fourth-order valence-electron chi connectivity index (χ4n) is 3.17. The molecule has 1 heterocycles. The molecule has 2 aromatic rings. The first-order valence-corrected chi connectivity index (χ1v) is 12.2. The molecular formula is C22H15Br4NaO6. The first kappa shape index (κ1) is 28.5. The minimum atomic E-state index is -1.09. The van der Waals surface area contributed by atoms with Gasteiger partial charge in [-0.1, -0.05) is 18.2 Å². The van der Waals surface area contributed by atoms with Crippen molar-refractivity contribution in [1.82, 2.24) is 0 Å². The molecule has 3 N–H and O–H groups in total. The molecule has 1 aliphatic carbocycles. The van der Waals surface area contributed by atoms with Crippen LogP contribution >= 0.6 is 63.7 Å². The fraction of sp³-hybridized carbons (Fsp3) is 0.0909. The summed E-state index contributed by atoms with van der Waals surface area (Å²) in [6.45, 7) is 1.93. The number of carboxylic acids is 1. The van der Waals surface area contributed by atoms with Crippen LogP contribution in [0, 0.1) is 0 Å². The molecule has 0 aromatic heterocycles. The number of hydrogen-bond acceptors (Lipinski definition) is 5. The standard InChI is InChI=1S/C20H8Br4O5.C2H6O.Na.H/c21-11-5-9-13(7-3-1-2-4-8(7)20(27)28)10-6-12(22)17(26)15(24)19(10)29-18(9)14(23)16(11)25;1-2-3;;/h1-6,25H,(H,27,28);3H,2H2,1H3;;. The summed E-state index contributed by atoms with van der Waals surface area (Å²) >= 11 is 13.2. The third kappa shape index (κ3) is 5.43. The zero-order valence-electron chi connectivity index (χ0n) is 16.2. The van der Waals surface area contributed by atoms with E-state index in [2.05, 4.69) is 63.7 Å². The maximum absolute atomic E-state index is 12.4. The predicted octanol–water partition coefficient (Wildman–Crippen LogP) is 6.37. The van der Waals surface area contributed by atoms with Crippen LogP contribution in [0.2, 0.25) is 0 Å². The number of aliphatic hydroxyl groups excluding tert-OH is 1. The zero-order chi connectivity index (χ0) is 23.7. The number of carboxylic acid groups (broad SMARTS) is 1. The monoisotopic (exact) mass is 714 g/mol. The third-order valence-corrected chi connectivity index (χ3v) is 7.10. The van der Waals surface area contributed by atoms with E-state index in [1.807, 2.05) is 0 Å². The number of phenolic OH excluding ortho intramolecular Hbond substituents is 1. The van der Waals surface area contributed by atoms with Gasteiger partial charge in [0.05, 0.1) is 14.5 Å². The molecule has 168 valence electrons. The molecule has 6 nitrogen and oxygen atoms in total. The van der Waals surface area contributed by atoms with E-state index in [9.17, 15) is 19.8 Å². The summed E-state index contributed by atoms with van der Waals surface area (Å²) in [6.07, 6.45) is 0. The van der Waals surface area contributed by atoms with E-state index in [1.165, 1.54) is 6.07 Å². The Morgan fingerprint density at radius 1 is 1.00 bits per heavy atom. The van der Waals surface area contributed by atoms with Crippen molar-refractivity contribution in [1.29, 1.82) is 0 Å². The molecule has 4 rings (SSSR count). The van der Waals surface area contributed by atoms with Gasteiger partial charge < -0.3 is 19.7 Å². The minimum absolute atomic E-state index is 0. The molecule has 1 aliphatic heterocycles. The van der Waals surface area contributed by atoms with Crippen molar-refractivity contribution in [2.45, 2.75) is 6.92 Å². The average Bonchev–Trinajstić information content (AvgIpc) is 2.76. The number of aromatic carboxylic acids is 1. The van der Waals surface area contributed by atoms with Crippen LogP contribution in [-0.4, -0.2) is 57.5 Å². The number of fused-ring (bicyclic) bond motifs is 2. The molecular weight excluding hydrogens is 703 g/mol. The molecule has 2 aromatic carbocycles. The molecule has 0 fully saturated rings. The third-order valence-electron chi connectivity index (χ3n) is 4.45. The number of hydrogen-bond donors (Lipinski definition) is 3. The summed E-state index contributed by atoms with van der Waals surface area (Å²) in [5.74, 6) is -0.921. The van der Waals surface area contributed by atoms with E-state index in [0.29, 0.717) is 31.0 Å². The van der Waals surface area contributed by atoms with Gasteiger partial charge in [-0.05, 0) is 94.4 Å². The Labute approximate surface area is 244 Å². The molecule has 0 atom stereocenters. The van der Waals surface area contributed by atoms with Crippen LogP contribution in [0.4, 0.5) is 0 Å². The molecule has 0 amide bonds. The first-order valence-electron chi connectivity index (χ1n) is 9.03. The van der Waals surface area contributed by atoms with Gasteiger partial charge in [0.2, 0.25) is 5.43 Å². The second-order valence-corrected chi connectivity index (χ2v) is 9.71. The molecule has 0 bridgehead atoms. The SMILES string of the molecule is CCO.O=C(O)c1ccccc1-c1c2cc(Br)c(=O)c(Br)c-2oc2c(Br)c(O)c(Br)cc12.[NaH]. The zero-order valence-corrected chi connectivity index (χ0v) is 22.6. The van der Waals surface area contributed by atoms with Gasteiger partial charge in [-0.15, -0.1) is 0 Å². The van der Waals surface area contributed by atoms with E-state index in [1.54, 1.807) is 37.3 Å². The van der Waals surface area contributed by atoms with E-state index in [0.717, 1.165) is 0 Å². The number of aromatic hydroxyl groups is 1. The molecule has 0 spiro atoms. The van der Waals surface area contributed by atoms with Crippen molar-refractivity contribution in [2.75, 3.05) is 6.61 Å². The second kappa shape index (κ2) is 11.8. The summed E-state index contributed by atoms with van der Waals surface area (Å²) in [4.78, 5) is 24.3. The first-order chi connectivity index (χ1) is 15.1. The van der Waals surface area contributed by atoms with Gasteiger partial charge in [0, 0.05) is 23.1 Å². The molecule has 0 radical (unpaired) electrons. The Morgan fingerprint density at radius 2 is 1.61 bits per heavy atom. The van der Waals surface area contributed by atoms with Gasteiger partial charge >= 0.3 is 35.5 Å². The van der Waals surface area contributed by atoms with Crippen LogP contribution in [0.5, 0.6) is 5.75 Å². The number of phenols is 1. The second-order valence-electron chi connectivity index (χ2n) is 6.42. The van der Waals surface area contributed by atoms with Crippen LogP contribution in [0.25, 0.3) is 33.4 Å². The Bertz CT molecular complexity index is 1390. The van der Waals surface area contributed by atoms with Crippen molar-refractivity contribution >= 4 is 110 Å². The van der Waals surface area contributed by atoms with Crippen LogP contribution in [0.3, 0.4) is 0 Å². The van der Waals surface area contributed by atoms with Gasteiger partial charge in [-0.3, -0.25) is 4.79 Å². The molecule has 0 saturated carbocycles. The van der Waals surface area contributed by atoms with Crippen LogP contribution in [0.1, 0.15) is 17.3 Å². The fourth-order valence-corrected chi connectivity index (χ4v) is 5.57. The number of benzene rings is 3. The van der Waals surface area contributed by atoms with Crippen molar-refractivity contribution in [3.63, 3.8) is 0 Å². The average molecular weight is 718 g/mol. The van der Waals surface area contributed by atoms with Crippen LogP contribution < -0.4 is 5.43 Å². The van der Waals surface area contributed by atoms with E-state index in [4.69, 9.17) is 9.52 Å². The van der Waals surface area contributed by atoms with Crippen LogP contribution in [0.15, 0.2) is 63.5 Å².